The summed E-state index contributed by atoms with van der Waals surface area (Å²) < 4.78 is 0. The van der Waals surface area contributed by atoms with E-state index in [0.717, 1.165) is 18.0 Å². The second-order valence-electron chi connectivity index (χ2n) is 4.70. The third-order valence-corrected chi connectivity index (χ3v) is 3.32. The van der Waals surface area contributed by atoms with Crippen LogP contribution < -0.4 is 11.1 Å². The lowest BCUT2D eigenvalue weighted by molar-refractivity contribution is 0.187. The molecule has 0 aromatic carbocycles. The first kappa shape index (κ1) is 12.8. The average Bonchev–Trinajstić information content (AvgIpc) is 2.35. The molecule has 1 aromatic rings. The van der Waals surface area contributed by atoms with Crippen LogP contribution in [0.4, 0.5) is 0 Å². The minimum absolute atomic E-state index is 0.271. The van der Waals surface area contributed by atoms with Gasteiger partial charge in [0.1, 0.15) is 0 Å². The Balaban J connectivity index is 1.74. The van der Waals surface area contributed by atoms with Crippen molar-refractivity contribution in [1.29, 1.82) is 0 Å². The normalized spacial score (nSPS) is 18.2. The van der Waals surface area contributed by atoms with E-state index in [1.807, 2.05) is 0 Å². The molecule has 18 heavy (non-hydrogen) atoms. The fraction of sp³-hybridized carbons (Fsp3) is 0.538. The van der Waals surface area contributed by atoms with Crippen molar-refractivity contribution in [2.24, 2.45) is 16.6 Å². The van der Waals surface area contributed by atoms with E-state index in [9.17, 15) is 5.11 Å². The molecule has 1 aliphatic carbocycles. The fourth-order valence-electron chi connectivity index (χ4n) is 1.88. The van der Waals surface area contributed by atoms with Gasteiger partial charge in [-0.3, -0.25) is 9.98 Å². The third-order valence-electron chi connectivity index (χ3n) is 3.32. The standard InChI is InChI=1S/C13H20N4O/c14-13(16-8-10-2-1-3-10)17-9-12(18)11-4-6-15-7-5-11/h4-7,10,12,18H,1-3,8-9H2,(H3,14,16,17). The molecule has 1 aliphatic rings. The van der Waals surface area contributed by atoms with Crippen LogP contribution in [0, 0.1) is 5.92 Å². The van der Waals surface area contributed by atoms with Gasteiger partial charge in [-0.1, -0.05) is 6.42 Å². The monoisotopic (exact) mass is 248 g/mol. The molecule has 2 rings (SSSR count). The summed E-state index contributed by atoms with van der Waals surface area (Å²) in [6.45, 7) is 1.16. The Hall–Kier alpha value is -1.62. The molecule has 0 radical (unpaired) electrons. The molecule has 1 unspecified atom stereocenters. The van der Waals surface area contributed by atoms with Crippen molar-refractivity contribution >= 4 is 5.96 Å². The molecule has 0 aliphatic heterocycles. The maximum atomic E-state index is 9.89. The fourth-order valence-corrected chi connectivity index (χ4v) is 1.88. The van der Waals surface area contributed by atoms with Gasteiger partial charge >= 0.3 is 0 Å². The highest BCUT2D eigenvalue weighted by Gasteiger charge is 2.16. The average molecular weight is 248 g/mol. The number of rotatable bonds is 5. The lowest BCUT2D eigenvalue weighted by Gasteiger charge is -2.25. The van der Waals surface area contributed by atoms with Crippen molar-refractivity contribution < 1.29 is 5.11 Å². The van der Waals surface area contributed by atoms with Crippen molar-refractivity contribution in [3.63, 3.8) is 0 Å². The number of pyridine rings is 1. The number of aliphatic imine (C=N–C) groups is 1. The van der Waals surface area contributed by atoms with E-state index >= 15 is 0 Å². The number of aromatic nitrogens is 1. The van der Waals surface area contributed by atoms with Gasteiger partial charge in [-0.05, 0) is 36.5 Å². The summed E-state index contributed by atoms with van der Waals surface area (Å²) in [5.74, 6) is 1.15. The van der Waals surface area contributed by atoms with Crippen molar-refractivity contribution in [3.8, 4) is 0 Å². The molecule has 5 heteroatoms. The molecule has 0 saturated heterocycles. The number of hydrogen-bond donors (Lipinski definition) is 3. The summed E-state index contributed by atoms with van der Waals surface area (Å²) >= 11 is 0. The molecule has 4 N–H and O–H groups in total. The van der Waals surface area contributed by atoms with E-state index < -0.39 is 6.10 Å². The molecular weight excluding hydrogens is 228 g/mol. The smallest absolute Gasteiger partial charge is 0.188 e. The molecule has 5 nitrogen and oxygen atoms in total. The Morgan fingerprint density at radius 1 is 1.50 bits per heavy atom. The Bertz CT molecular complexity index is 389. The number of aliphatic hydroxyl groups excluding tert-OH is 1. The van der Waals surface area contributed by atoms with Crippen molar-refractivity contribution in [3.05, 3.63) is 30.1 Å². The summed E-state index contributed by atoms with van der Waals surface area (Å²) in [4.78, 5) is 8.05. The number of hydrogen-bond acceptors (Lipinski definition) is 3. The summed E-state index contributed by atoms with van der Waals surface area (Å²) in [5, 5.41) is 13.0. The van der Waals surface area contributed by atoms with Gasteiger partial charge in [0.15, 0.2) is 5.96 Å². The lowest BCUT2D eigenvalue weighted by atomic mass is 9.85. The van der Waals surface area contributed by atoms with Crippen LogP contribution in [0.1, 0.15) is 30.9 Å². The van der Waals surface area contributed by atoms with Crippen molar-refractivity contribution in [2.45, 2.75) is 25.4 Å². The Morgan fingerprint density at radius 2 is 2.22 bits per heavy atom. The van der Waals surface area contributed by atoms with E-state index in [1.165, 1.54) is 19.3 Å². The molecule has 1 fully saturated rings. The minimum atomic E-state index is -0.628. The molecule has 98 valence electrons. The molecular formula is C13H20N4O. The summed E-state index contributed by atoms with van der Waals surface area (Å²) in [7, 11) is 0. The van der Waals surface area contributed by atoms with Crippen LogP contribution >= 0.6 is 0 Å². The quantitative estimate of drug-likeness (QED) is 0.532. The predicted molar refractivity (Wildman–Crippen MR) is 71.0 cm³/mol. The highest BCUT2D eigenvalue weighted by molar-refractivity contribution is 5.77. The third kappa shape index (κ3) is 3.70. The van der Waals surface area contributed by atoms with Gasteiger partial charge in [-0.15, -0.1) is 0 Å². The van der Waals surface area contributed by atoms with Crippen LogP contribution in [0.15, 0.2) is 29.5 Å². The maximum Gasteiger partial charge on any atom is 0.188 e. The van der Waals surface area contributed by atoms with Crippen LogP contribution in [-0.2, 0) is 0 Å². The van der Waals surface area contributed by atoms with Gasteiger partial charge in [0.2, 0.25) is 0 Å². The Kier molecular flexibility index (Phi) is 4.52. The zero-order chi connectivity index (χ0) is 12.8. The van der Waals surface area contributed by atoms with E-state index in [-0.39, 0.29) is 6.54 Å². The van der Waals surface area contributed by atoms with E-state index in [0.29, 0.717) is 5.96 Å². The minimum Gasteiger partial charge on any atom is -0.386 e. The van der Waals surface area contributed by atoms with Crippen LogP contribution in [0.5, 0.6) is 0 Å². The number of nitrogens with one attached hydrogen (secondary N) is 1. The number of nitrogens with two attached hydrogens (primary N) is 1. The first-order valence-corrected chi connectivity index (χ1v) is 6.37. The SMILES string of the molecule is NC(=NCC(O)c1ccncc1)NCC1CCC1. The van der Waals surface area contributed by atoms with E-state index in [4.69, 9.17) is 5.73 Å². The van der Waals surface area contributed by atoms with Gasteiger partial charge in [0.25, 0.3) is 0 Å². The highest BCUT2D eigenvalue weighted by Crippen LogP contribution is 2.24. The van der Waals surface area contributed by atoms with Gasteiger partial charge in [0, 0.05) is 18.9 Å². The Morgan fingerprint density at radius 3 is 2.83 bits per heavy atom. The molecule has 0 bridgehead atoms. The van der Waals surface area contributed by atoms with Crippen LogP contribution in [0.2, 0.25) is 0 Å². The van der Waals surface area contributed by atoms with Gasteiger partial charge in [0.05, 0.1) is 12.6 Å². The summed E-state index contributed by atoms with van der Waals surface area (Å²) in [6.07, 6.45) is 6.56. The van der Waals surface area contributed by atoms with E-state index in [2.05, 4.69) is 15.3 Å². The van der Waals surface area contributed by atoms with Crippen LogP contribution in [0.25, 0.3) is 0 Å². The number of guanidine groups is 1. The molecule has 1 atom stereocenters. The van der Waals surface area contributed by atoms with E-state index in [1.54, 1.807) is 24.5 Å². The summed E-state index contributed by atoms with van der Waals surface area (Å²) in [6, 6.07) is 3.55. The zero-order valence-corrected chi connectivity index (χ0v) is 10.4. The van der Waals surface area contributed by atoms with Crippen molar-refractivity contribution in [1.82, 2.24) is 10.3 Å². The zero-order valence-electron chi connectivity index (χ0n) is 10.4. The Labute approximate surface area is 107 Å². The first-order chi connectivity index (χ1) is 8.75. The molecule has 0 spiro atoms. The molecule has 1 aromatic heterocycles. The maximum absolute atomic E-state index is 9.89. The lowest BCUT2D eigenvalue weighted by Crippen LogP contribution is -2.37. The number of aliphatic hydroxyl groups is 1. The second kappa shape index (κ2) is 6.35. The topological polar surface area (TPSA) is 83.5 Å². The van der Waals surface area contributed by atoms with Crippen LogP contribution in [0.3, 0.4) is 0 Å². The first-order valence-electron chi connectivity index (χ1n) is 6.37. The molecule has 0 amide bonds. The largest absolute Gasteiger partial charge is 0.386 e. The van der Waals surface area contributed by atoms with Crippen LogP contribution in [-0.4, -0.2) is 29.1 Å². The highest BCUT2D eigenvalue weighted by atomic mass is 16.3. The molecule has 1 heterocycles. The van der Waals surface area contributed by atoms with Gasteiger partial charge < -0.3 is 16.2 Å². The predicted octanol–water partition coefficient (Wildman–Crippen LogP) is 0.819. The summed E-state index contributed by atoms with van der Waals surface area (Å²) in [5.41, 5.74) is 6.55. The van der Waals surface area contributed by atoms with Crippen molar-refractivity contribution in [2.75, 3.05) is 13.1 Å². The molecule has 1 saturated carbocycles. The number of nitrogens with zero attached hydrogens (tertiary/aromatic N) is 2. The van der Waals surface area contributed by atoms with Gasteiger partial charge in [-0.25, -0.2) is 0 Å². The second-order valence-corrected chi connectivity index (χ2v) is 4.70. The van der Waals surface area contributed by atoms with Gasteiger partial charge in [-0.2, -0.15) is 0 Å².